The van der Waals surface area contributed by atoms with Crippen LogP contribution in [0.3, 0.4) is 0 Å². The lowest BCUT2D eigenvalue weighted by molar-refractivity contribution is 0.592. The first-order valence-corrected chi connectivity index (χ1v) is 17.1. The van der Waals surface area contributed by atoms with Crippen LogP contribution in [0.5, 0.6) is 0 Å². The van der Waals surface area contributed by atoms with Crippen LogP contribution in [0.25, 0.3) is 11.1 Å². The second-order valence-electron chi connectivity index (χ2n) is 10.3. The standard InChI is InChI=1S/C32H43F2N4OPS2/c1-8-20(5)11-10-12-27(19(3)4)42(39,41)38-26-16-15-25(33)28(29(26)34)23-13-14-24(31(36)32(23)40)30(35)22(7)37-18-17-21(6)9-2/h10-18,20-21,35,37,42H,3,7-9,36,40H2,1-2,4-6H3,(H2,38,39,41)/b11-10-,18-17-,27-12+,35-30?. The maximum absolute atomic E-state index is 15.9. The molecule has 3 unspecified atom stereocenters. The molecule has 0 aliphatic rings. The van der Waals surface area contributed by atoms with Gasteiger partial charge in [0.15, 0.2) is 5.82 Å². The zero-order valence-electron chi connectivity index (χ0n) is 24.9. The van der Waals surface area contributed by atoms with E-state index >= 15 is 8.78 Å². The van der Waals surface area contributed by atoms with Gasteiger partial charge in [0.2, 0.25) is 0 Å². The molecule has 0 saturated carbocycles. The molecule has 2 rings (SSSR count). The van der Waals surface area contributed by atoms with Crippen LogP contribution in [0.4, 0.5) is 20.2 Å². The first-order valence-electron chi connectivity index (χ1n) is 13.7. The molecule has 2 aromatic carbocycles. The maximum Gasteiger partial charge on any atom is 0.157 e. The molecule has 0 amide bonds. The highest BCUT2D eigenvalue weighted by molar-refractivity contribution is 8.71. The Morgan fingerprint density at radius 1 is 1.14 bits per heavy atom. The number of halogens is 2. The van der Waals surface area contributed by atoms with Crippen LogP contribution in [0.2, 0.25) is 0 Å². The largest absolute Gasteiger partial charge is 0.398 e. The van der Waals surface area contributed by atoms with Gasteiger partial charge >= 0.3 is 0 Å². The van der Waals surface area contributed by atoms with Gasteiger partial charge < -0.3 is 15.8 Å². The number of nitrogens with two attached hydrogens (primary N) is 1. The highest BCUT2D eigenvalue weighted by Crippen LogP contribution is 2.36. The summed E-state index contributed by atoms with van der Waals surface area (Å²) in [5.74, 6) is -1.09. The van der Waals surface area contributed by atoms with E-state index < -0.39 is 20.8 Å². The molecule has 0 fully saturated rings. The molecule has 10 heteroatoms. The minimum Gasteiger partial charge on any atom is -0.398 e. The van der Waals surface area contributed by atoms with E-state index in [1.165, 1.54) is 18.2 Å². The Kier molecular flexibility index (Phi) is 13.0. The smallest absolute Gasteiger partial charge is 0.157 e. The summed E-state index contributed by atoms with van der Waals surface area (Å²) in [4.78, 5) is 0.322. The van der Waals surface area contributed by atoms with Gasteiger partial charge in [0, 0.05) is 30.6 Å². The second kappa shape index (κ2) is 15.5. The van der Waals surface area contributed by atoms with Gasteiger partial charge in [-0.2, -0.15) is 0 Å². The van der Waals surface area contributed by atoms with E-state index in [1.54, 1.807) is 25.3 Å². The summed E-state index contributed by atoms with van der Waals surface area (Å²) in [7, 11) is -1.26. The number of nitrogens with one attached hydrogen (secondary N) is 3. The molecule has 3 atom stereocenters. The quantitative estimate of drug-likeness (QED) is 0.0319. The summed E-state index contributed by atoms with van der Waals surface area (Å²) in [5.41, 5.74) is 7.38. The number of hydrogen-bond acceptors (Lipinski definition) is 4. The van der Waals surface area contributed by atoms with Crippen molar-refractivity contribution >= 4 is 52.4 Å². The average Bonchev–Trinajstić information content (AvgIpc) is 2.93. The van der Waals surface area contributed by atoms with E-state index in [4.69, 9.17) is 11.1 Å². The van der Waals surface area contributed by atoms with Crippen LogP contribution in [0.1, 0.15) is 53.0 Å². The number of hydrogen-bond donors (Lipinski definition) is 6. The number of nitrogen functional groups attached to an aromatic ring is 1. The highest BCUT2D eigenvalue weighted by atomic mass is 33.1. The Balaban J connectivity index is 2.48. The van der Waals surface area contributed by atoms with Crippen molar-refractivity contribution in [1.82, 2.24) is 5.32 Å². The van der Waals surface area contributed by atoms with Gasteiger partial charge in [0.1, 0.15) is 5.82 Å². The minimum atomic E-state index is -3.66. The van der Waals surface area contributed by atoms with E-state index in [0.29, 0.717) is 38.9 Å². The molecule has 0 bridgehead atoms. The lowest BCUT2D eigenvalue weighted by Crippen LogP contribution is -2.20. The molecule has 0 heterocycles. The molecule has 0 aliphatic carbocycles. The average molecular weight is 633 g/mol. The fraction of sp³-hybridized carbons (Fsp3) is 0.281. The number of thiol groups is 2. The monoisotopic (exact) mass is 632 g/mol. The normalized spacial score (nSPS) is 14.2. The molecule has 0 aromatic heterocycles. The predicted molar refractivity (Wildman–Crippen MR) is 187 cm³/mol. The third kappa shape index (κ3) is 8.76. The molecule has 0 radical (unpaired) electrons. The van der Waals surface area contributed by atoms with E-state index in [1.807, 2.05) is 12.2 Å². The molecular weight excluding hydrogens is 589 g/mol. The molecular formula is C32H43F2N4OPS2. The van der Waals surface area contributed by atoms with Crippen molar-refractivity contribution in [2.24, 2.45) is 11.8 Å². The minimum absolute atomic E-state index is 0.0467. The second-order valence-corrected chi connectivity index (χ2v) is 14.4. The zero-order chi connectivity index (χ0) is 31.8. The Labute approximate surface area is 257 Å². The van der Waals surface area contributed by atoms with Gasteiger partial charge in [0.05, 0.1) is 22.7 Å². The third-order valence-corrected chi connectivity index (χ3v) is 10.2. The van der Waals surface area contributed by atoms with Crippen molar-refractivity contribution in [3.05, 3.63) is 101 Å². The third-order valence-electron chi connectivity index (χ3n) is 6.92. The zero-order valence-corrected chi connectivity index (χ0v) is 27.8. The van der Waals surface area contributed by atoms with Gasteiger partial charge in [-0.05, 0) is 54.3 Å². The summed E-state index contributed by atoms with van der Waals surface area (Å²) in [6.07, 6.45) is 11.0. The van der Waals surface area contributed by atoms with Crippen LogP contribution in [-0.4, -0.2) is 9.92 Å². The first kappa shape index (κ1) is 35.2. The van der Waals surface area contributed by atoms with Gasteiger partial charge in [0.25, 0.3) is 0 Å². The molecule has 0 aliphatic heterocycles. The summed E-state index contributed by atoms with van der Waals surface area (Å²) < 4.78 is 47.4. The van der Waals surface area contributed by atoms with Crippen molar-refractivity contribution in [2.45, 2.75) is 47.5 Å². The maximum atomic E-state index is 15.9. The van der Waals surface area contributed by atoms with Gasteiger partial charge in [-0.3, -0.25) is 9.62 Å². The summed E-state index contributed by atoms with van der Waals surface area (Å²) in [6, 6.07) is 5.29. The number of anilines is 2. The van der Waals surface area contributed by atoms with Crippen molar-refractivity contribution in [1.29, 1.82) is 5.41 Å². The molecule has 5 N–H and O–H groups in total. The Morgan fingerprint density at radius 3 is 2.36 bits per heavy atom. The summed E-state index contributed by atoms with van der Waals surface area (Å²) in [6.45, 7) is 17.8. The Morgan fingerprint density at radius 2 is 1.76 bits per heavy atom. The first-order chi connectivity index (χ1) is 19.7. The van der Waals surface area contributed by atoms with E-state index in [9.17, 15) is 4.21 Å². The van der Waals surface area contributed by atoms with Crippen molar-refractivity contribution in [3.8, 4) is 11.1 Å². The van der Waals surface area contributed by atoms with Crippen molar-refractivity contribution in [3.63, 3.8) is 0 Å². The fourth-order valence-corrected chi connectivity index (χ4v) is 6.70. The van der Waals surface area contributed by atoms with Crippen LogP contribution in [0, 0.1) is 28.9 Å². The van der Waals surface area contributed by atoms with Crippen LogP contribution < -0.4 is 21.1 Å². The summed E-state index contributed by atoms with van der Waals surface area (Å²) >= 11 is 4.36. The van der Waals surface area contributed by atoms with Crippen molar-refractivity contribution < 1.29 is 13.0 Å². The van der Waals surface area contributed by atoms with Crippen LogP contribution in [0.15, 0.2) is 84.1 Å². The fourth-order valence-electron chi connectivity index (χ4n) is 3.84. The summed E-state index contributed by atoms with van der Waals surface area (Å²) in [5, 5.41) is 11.8. The molecule has 2 aromatic rings. The lowest BCUT2D eigenvalue weighted by atomic mass is 9.98. The van der Waals surface area contributed by atoms with Gasteiger partial charge in [-0.15, -0.1) is 9.24 Å². The predicted octanol–water partition coefficient (Wildman–Crippen LogP) is 8.00. The number of rotatable bonds is 14. The van der Waals surface area contributed by atoms with Crippen LogP contribution >= 0.6 is 20.9 Å². The number of allylic oxidation sites excluding steroid dienone is 6. The van der Waals surface area contributed by atoms with E-state index in [0.717, 1.165) is 18.9 Å². The molecule has 5 nitrogen and oxygen atoms in total. The Bertz CT molecular complexity index is 1500. The van der Waals surface area contributed by atoms with E-state index in [2.05, 4.69) is 71.8 Å². The van der Waals surface area contributed by atoms with Gasteiger partial charge in [-0.25, -0.2) is 8.78 Å². The highest BCUT2D eigenvalue weighted by Gasteiger charge is 2.24. The molecule has 0 spiro atoms. The lowest BCUT2D eigenvalue weighted by Gasteiger charge is -2.25. The van der Waals surface area contributed by atoms with Gasteiger partial charge in [-0.1, -0.05) is 95.7 Å². The SMILES string of the molecule is C=C(N/C=C\C(C)CC)C(=N)c1ccc(-c2c(F)ccc(N[SH](=O)(S)/C(=C/C=C\C(C)CC)C(=C)C)c2F)c(P)c1N. The topological polar surface area (TPSA) is 91.0 Å². The van der Waals surface area contributed by atoms with Crippen LogP contribution in [-0.2, 0) is 9.15 Å². The Hall–Kier alpha value is -3.00. The number of benzene rings is 2. The molecule has 0 saturated heterocycles. The van der Waals surface area contributed by atoms with Crippen molar-refractivity contribution in [2.75, 3.05) is 10.5 Å². The van der Waals surface area contributed by atoms with E-state index in [-0.39, 0.29) is 28.2 Å². The molecule has 42 heavy (non-hydrogen) atoms. The molecule has 228 valence electrons.